The van der Waals surface area contributed by atoms with Gasteiger partial charge in [-0.1, -0.05) is 5.21 Å². The van der Waals surface area contributed by atoms with Gasteiger partial charge in [0.2, 0.25) is 5.95 Å². The van der Waals surface area contributed by atoms with E-state index in [1.54, 1.807) is 0 Å². The van der Waals surface area contributed by atoms with Crippen LogP contribution in [0.4, 0.5) is 17.6 Å². The van der Waals surface area contributed by atoms with Crippen LogP contribution in [0.3, 0.4) is 0 Å². The van der Waals surface area contributed by atoms with Crippen molar-refractivity contribution in [1.82, 2.24) is 29.9 Å². The summed E-state index contributed by atoms with van der Waals surface area (Å²) in [5.41, 5.74) is 0.796. The van der Waals surface area contributed by atoms with E-state index in [1.165, 1.54) is 12.8 Å². The number of nitrogens with zero attached hydrogens (tertiary/aromatic N) is 5. The zero-order valence-corrected chi connectivity index (χ0v) is 14.6. The Labute approximate surface area is 150 Å². The van der Waals surface area contributed by atoms with E-state index >= 15 is 0 Å². The van der Waals surface area contributed by atoms with E-state index < -0.39 is 0 Å². The number of hydrogen-bond donors (Lipinski definition) is 3. The summed E-state index contributed by atoms with van der Waals surface area (Å²) in [6, 6.07) is 2.65. The number of hydrogen-bond acceptors (Lipinski definition) is 7. The molecule has 2 atom stereocenters. The first-order valence-corrected chi connectivity index (χ1v) is 9.14. The molecular weight excluding hydrogens is 332 g/mol. The van der Waals surface area contributed by atoms with Crippen molar-refractivity contribution in [2.75, 3.05) is 23.8 Å². The number of aromatic amines is 1. The van der Waals surface area contributed by atoms with Crippen molar-refractivity contribution in [2.24, 2.45) is 5.92 Å². The van der Waals surface area contributed by atoms with Crippen LogP contribution in [-0.2, 0) is 4.74 Å². The fourth-order valence-electron chi connectivity index (χ4n) is 3.39. The molecule has 0 unspecified atom stereocenters. The van der Waals surface area contributed by atoms with Gasteiger partial charge in [-0.3, -0.25) is 0 Å². The standard InChI is InChI=1S/C17H22N8O/c1-10(11-2-3-11)19-16-13-4-6-18-15(13)21-17(22-16)20-14-8-25(24-23-14)12-5-7-26-9-12/h4,6,8,10-12H,2-3,5,7,9H2,1H3,(H3,18,19,20,21,22)/t10-,12-/m0/s1. The molecule has 0 spiro atoms. The van der Waals surface area contributed by atoms with Crippen LogP contribution in [0.1, 0.15) is 32.2 Å². The van der Waals surface area contributed by atoms with Gasteiger partial charge in [0.05, 0.1) is 24.2 Å². The molecule has 0 aromatic carbocycles. The highest BCUT2D eigenvalue weighted by Crippen LogP contribution is 2.35. The summed E-state index contributed by atoms with van der Waals surface area (Å²) in [6.07, 6.45) is 7.29. The summed E-state index contributed by atoms with van der Waals surface area (Å²) in [5, 5.41) is 16.1. The Morgan fingerprint density at radius 1 is 1.31 bits per heavy atom. The minimum Gasteiger partial charge on any atom is -0.379 e. The van der Waals surface area contributed by atoms with E-state index in [0.717, 1.165) is 35.8 Å². The zero-order chi connectivity index (χ0) is 17.5. The van der Waals surface area contributed by atoms with Crippen LogP contribution in [0.5, 0.6) is 0 Å². The van der Waals surface area contributed by atoms with Gasteiger partial charge in [0.15, 0.2) is 5.82 Å². The minimum atomic E-state index is 0.251. The second-order valence-electron chi connectivity index (χ2n) is 7.13. The predicted octanol–water partition coefficient (Wildman–Crippen LogP) is 2.46. The first-order chi connectivity index (χ1) is 12.8. The molecule has 3 aromatic heterocycles. The summed E-state index contributed by atoms with van der Waals surface area (Å²) in [7, 11) is 0. The second-order valence-corrected chi connectivity index (χ2v) is 7.13. The van der Waals surface area contributed by atoms with Gasteiger partial charge in [0.1, 0.15) is 11.5 Å². The van der Waals surface area contributed by atoms with Crippen LogP contribution >= 0.6 is 0 Å². The number of aromatic nitrogens is 6. The van der Waals surface area contributed by atoms with Crippen molar-refractivity contribution >= 4 is 28.6 Å². The molecule has 0 amide bonds. The summed E-state index contributed by atoms with van der Waals surface area (Å²) in [5.74, 6) is 2.71. The third-order valence-electron chi connectivity index (χ3n) is 5.14. The minimum absolute atomic E-state index is 0.251. The fourth-order valence-corrected chi connectivity index (χ4v) is 3.39. The normalized spacial score (nSPS) is 21.2. The molecule has 1 saturated carbocycles. The monoisotopic (exact) mass is 354 g/mol. The van der Waals surface area contributed by atoms with E-state index in [0.29, 0.717) is 24.4 Å². The lowest BCUT2D eigenvalue weighted by molar-refractivity contribution is 0.184. The van der Waals surface area contributed by atoms with Crippen molar-refractivity contribution < 1.29 is 4.74 Å². The molecular formula is C17H22N8O. The Morgan fingerprint density at radius 2 is 2.23 bits per heavy atom. The molecule has 0 radical (unpaired) electrons. The second kappa shape index (κ2) is 6.24. The Hall–Kier alpha value is -2.68. The van der Waals surface area contributed by atoms with E-state index in [2.05, 4.69) is 42.8 Å². The van der Waals surface area contributed by atoms with Crippen LogP contribution in [0.25, 0.3) is 11.0 Å². The Kier molecular flexibility index (Phi) is 3.74. The number of anilines is 3. The van der Waals surface area contributed by atoms with Gasteiger partial charge < -0.3 is 20.4 Å². The highest BCUT2D eigenvalue weighted by Gasteiger charge is 2.28. The summed E-state index contributed by atoms with van der Waals surface area (Å²) < 4.78 is 7.25. The first-order valence-electron chi connectivity index (χ1n) is 9.14. The number of fused-ring (bicyclic) bond motifs is 1. The van der Waals surface area contributed by atoms with Gasteiger partial charge in [-0.05, 0) is 38.2 Å². The maximum absolute atomic E-state index is 5.41. The van der Waals surface area contributed by atoms with Gasteiger partial charge in [-0.15, -0.1) is 5.10 Å². The maximum Gasteiger partial charge on any atom is 0.232 e. The van der Waals surface area contributed by atoms with Crippen LogP contribution in [0.2, 0.25) is 0 Å². The van der Waals surface area contributed by atoms with E-state index in [-0.39, 0.29) is 6.04 Å². The molecule has 4 heterocycles. The van der Waals surface area contributed by atoms with Crippen molar-refractivity contribution in [3.63, 3.8) is 0 Å². The van der Waals surface area contributed by atoms with Gasteiger partial charge in [-0.2, -0.15) is 9.97 Å². The molecule has 3 aromatic rings. The van der Waals surface area contributed by atoms with Gasteiger partial charge in [0.25, 0.3) is 0 Å². The van der Waals surface area contributed by atoms with Crippen molar-refractivity contribution in [3.05, 3.63) is 18.5 Å². The molecule has 0 bridgehead atoms. The smallest absolute Gasteiger partial charge is 0.232 e. The van der Waals surface area contributed by atoms with Crippen LogP contribution in [0, 0.1) is 5.92 Å². The zero-order valence-electron chi connectivity index (χ0n) is 14.6. The molecule has 1 aliphatic heterocycles. The van der Waals surface area contributed by atoms with Crippen LogP contribution < -0.4 is 10.6 Å². The number of rotatable bonds is 6. The summed E-state index contributed by atoms with van der Waals surface area (Å²) in [4.78, 5) is 12.4. The summed E-state index contributed by atoms with van der Waals surface area (Å²) in [6.45, 7) is 3.66. The average molecular weight is 354 g/mol. The Morgan fingerprint density at radius 3 is 3.04 bits per heavy atom. The molecule has 1 aliphatic carbocycles. The van der Waals surface area contributed by atoms with Gasteiger partial charge in [-0.25, -0.2) is 4.68 Å². The largest absolute Gasteiger partial charge is 0.379 e. The molecule has 2 aliphatic rings. The molecule has 3 N–H and O–H groups in total. The number of ether oxygens (including phenoxy) is 1. The molecule has 136 valence electrons. The maximum atomic E-state index is 5.41. The van der Waals surface area contributed by atoms with Gasteiger partial charge >= 0.3 is 0 Å². The van der Waals surface area contributed by atoms with E-state index in [4.69, 9.17) is 4.74 Å². The molecule has 2 fully saturated rings. The van der Waals surface area contributed by atoms with Gasteiger partial charge in [0, 0.05) is 18.8 Å². The lowest BCUT2D eigenvalue weighted by Gasteiger charge is -2.15. The third-order valence-corrected chi connectivity index (χ3v) is 5.14. The molecule has 9 nitrogen and oxygen atoms in total. The SMILES string of the molecule is C[C@H](Nc1nc(Nc2cn([C@H]3CCOC3)nn2)nc2[nH]ccc12)C1CC1. The highest BCUT2D eigenvalue weighted by atomic mass is 16.5. The van der Waals surface area contributed by atoms with E-state index in [9.17, 15) is 0 Å². The highest BCUT2D eigenvalue weighted by molar-refractivity contribution is 5.88. The first kappa shape index (κ1) is 15.6. The fraction of sp³-hybridized carbons (Fsp3) is 0.529. The molecule has 1 saturated heterocycles. The number of H-pyrrole nitrogens is 1. The predicted molar refractivity (Wildman–Crippen MR) is 97.5 cm³/mol. The quantitative estimate of drug-likeness (QED) is 0.624. The van der Waals surface area contributed by atoms with Crippen molar-refractivity contribution in [3.8, 4) is 0 Å². The lowest BCUT2D eigenvalue weighted by atomic mass is 10.2. The van der Waals surface area contributed by atoms with Crippen LogP contribution in [-0.4, -0.2) is 49.2 Å². The average Bonchev–Trinajstić information content (AvgIpc) is 3.05. The topological polar surface area (TPSA) is 106 Å². The molecule has 26 heavy (non-hydrogen) atoms. The van der Waals surface area contributed by atoms with Crippen molar-refractivity contribution in [1.29, 1.82) is 0 Å². The van der Waals surface area contributed by atoms with Crippen molar-refractivity contribution in [2.45, 2.75) is 38.3 Å². The van der Waals surface area contributed by atoms with E-state index in [1.807, 2.05) is 23.1 Å². The molecule has 5 rings (SSSR count). The molecule has 9 heteroatoms. The third kappa shape index (κ3) is 2.98. The Balaban J connectivity index is 1.39. The Bertz CT molecular complexity index is 909. The summed E-state index contributed by atoms with van der Waals surface area (Å²) >= 11 is 0. The lowest BCUT2D eigenvalue weighted by Crippen LogP contribution is -2.18. The number of nitrogens with one attached hydrogen (secondary N) is 3. The van der Waals surface area contributed by atoms with Crippen LogP contribution in [0.15, 0.2) is 18.5 Å².